The third-order valence-corrected chi connectivity index (χ3v) is 3.93. The van der Waals surface area contributed by atoms with Crippen molar-refractivity contribution in [1.82, 2.24) is 14.9 Å². The quantitative estimate of drug-likeness (QED) is 0.880. The van der Waals surface area contributed by atoms with Crippen LogP contribution in [-0.4, -0.2) is 40.0 Å². The van der Waals surface area contributed by atoms with Gasteiger partial charge in [0.1, 0.15) is 0 Å². The summed E-state index contributed by atoms with van der Waals surface area (Å²) in [4.78, 5) is 19.5. The first-order valence-corrected chi connectivity index (χ1v) is 6.75. The average molecular weight is 297 g/mol. The third-order valence-electron chi connectivity index (χ3n) is 3.93. The second kappa shape index (κ2) is 5.05. The molecule has 0 bridgehead atoms. The van der Waals surface area contributed by atoms with Crippen LogP contribution in [0.1, 0.15) is 24.3 Å². The van der Waals surface area contributed by atoms with Gasteiger partial charge in [-0.3, -0.25) is 9.78 Å². The fraction of sp³-hybridized carbons (Fsp3) is 0.429. The topological polar surface area (TPSA) is 49.0 Å². The number of aromatic nitrogens is 2. The van der Waals surface area contributed by atoms with E-state index in [1.807, 2.05) is 18.3 Å². The molecule has 0 saturated carbocycles. The molecule has 0 atom stereocenters. The van der Waals surface area contributed by atoms with Crippen LogP contribution in [0, 0.1) is 0 Å². The first kappa shape index (κ1) is 13.9. The van der Waals surface area contributed by atoms with Gasteiger partial charge in [-0.2, -0.15) is 13.2 Å². The zero-order chi connectivity index (χ0) is 15.0. The number of aromatic amines is 1. The van der Waals surface area contributed by atoms with Crippen molar-refractivity contribution in [3.05, 3.63) is 30.1 Å². The van der Waals surface area contributed by atoms with Crippen molar-refractivity contribution in [3.63, 3.8) is 0 Å². The number of carbonyl (C=O) groups excluding carboxylic acids is 1. The Kier molecular flexibility index (Phi) is 3.35. The molecule has 0 aromatic carbocycles. The molecule has 0 aliphatic carbocycles. The van der Waals surface area contributed by atoms with E-state index in [0.29, 0.717) is 12.8 Å². The predicted octanol–water partition coefficient (Wildman–Crippen LogP) is 2.83. The van der Waals surface area contributed by atoms with Gasteiger partial charge in [0.2, 0.25) is 0 Å². The van der Waals surface area contributed by atoms with Crippen LogP contribution < -0.4 is 0 Å². The molecule has 1 fully saturated rings. The summed E-state index contributed by atoms with van der Waals surface area (Å²) in [6.07, 6.45) is -0.183. The molecule has 4 nitrogen and oxygen atoms in total. The SMILES string of the molecule is O=C(N1CCC(c2c[nH]c3cccnc23)CC1)C(F)(F)F. The summed E-state index contributed by atoms with van der Waals surface area (Å²) in [7, 11) is 0. The molecule has 1 N–H and O–H groups in total. The molecule has 0 radical (unpaired) electrons. The lowest BCUT2D eigenvalue weighted by Gasteiger charge is -2.32. The predicted molar refractivity (Wildman–Crippen MR) is 70.7 cm³/mol. The molecule has 3 rings (SSSR count). The summed E-state index contributed by atoms with van der Waals surface area (Å²) in [5.41, 5.74) is 2.80. The van der Waals surface area contributed by atoms with Crippen LogP contribution in [-0.2, 0) is 4.79 Å². The zero-order valence-electron chi connectivity index (χ0n) is 11.2. The minimum atomic E-state index is -4.78. The highest BCUT2D eigenvalue weighted by molar-refractivity contribution is 5.82. The molecule has 1 saturated heterocycles. The highest BCUT2D eigenvalue weighted by Gasteiger charge is 2.43. The zero-order valence-corrected chi connectivity index (χ0v) is 11.2. The number of fused-ring (bicyclic) bond motifs is 1. The number of alkyl halides is 3. The largest absolute Gasteiger partial charge is 0.471 e. The van der Waals surface area contributed by atoms with Crippen molar-refractivity contribution < 1.29 is 18.0 Å². The summed E-state index contributed by atoms with van der Waals surface area (Å²) < 4.78 is 37.2. The lowest BCUT2D eigenvalue weighted by molar-refractivity contribution is -0.186. The number of rotatable bonds is 1. The lowest BCUT2D eigenvalue weighted by Crippen LogP contribution is -2.45. The van der Waals surface area contributed by atoms with Crippen molar-refractivity contribution in [3.8, 4) is 0 Å². The van der Waals surface area contributed by atoms with Crippen LogP contribution in [0.25, 0.3) is 11.0 Å². The summed E-state index contributed by atoms with van der Waals surface area (Å²) in [5.74, 6) is -1.61. The lowest BCUT2D eigenvalue weighted by atomic mass is 9.90. The van der Waals surface area contributed by atoms with Crippen molar-refractivity contribution in [2.45, 2.75) is 24.9 Å². The second-order valence-electron chi connectivity index (χ2n) is 5.21. The normalized spacial score (nSPS) is 17.4. The van der Waals surface area contributed by atoms with Crippen molar-refractivity contribution in [2.75, 3.05) is 13.1 Å². The highest BCUT2D eigenvalue weighted by Crippen LogP contribution is 2.33. The van der Waals surface area contributed by atoms with Crippen LogP contribution in [0.5, 0.6) is 0 Å². The molecule has 0 spiro atoms. The molecular weight excluding hydrogens is 283 g/mol. The maximum absolute atomic E-state index is 12.4. The summed E-state index contributed by atoms with van der Waals surface area (Å²) in [6, 6.07) is 3.74. The molecule has 1 aliphatic heterocycles. The summed E-state index contributed by atoms with van der Waals surface area (Å²) in [6.45, 7) is 0.255. The number of halogens is 3. The van der Waals surface area contributed by atoms with Crippen LogP contribution >= 0.6 is 0 Å². The van der Waals surface area contributed by atoms with Crippen molar-refractivity contribution >= 4 is 16.9 Å². The van der Waals surface area contributed by atoms with Gasteiger partial charge in [0.05, 0.1) is 11.0 Å². The molecule has 2 aromatic rings. The minimum Gasteiger partial charge on any atom is -0.360 e. The van der Waals surface area contributed by atoms with E-state index < -0.39 is 12.1 Å². The smallest absolute Gasteiger partial charge is 0.360 e. The second-order valence-corrected chi connectivity index (χ2v) is 5.21. The Balaban J connectivity index is 1.73. The standard InChI is InChI=1S/C14H14F3N3O/c15-14(16,17)13(21)20-6-3-9(4-7-20)10-8-19-11-2-1-5-18-12(10)11/h1-2,5,8-9,19H,3-4,6-7H2. The van der Waals surface area contributed by atoms with Gasteiger partial charge in [0, 0.05) is 25.5 Å². The maximum Gasteiger partial charge on any atom is 0.471 e. The average Bonchev–Trinajstić information content (AvgIpc) is 2.90. The van der Waals surface area contributed by atoms with Crippen LogP contribution in [0.3, 0.4) is 0 Å². The first-order valence-electron chi connectivity index (χ1n) is 6.75. The molecule has 3 heterocycles. The van der Waals surface area contributed by atoms with Gasteiger partial charge >= 0.3 is 12.1 Å². The Morgan fingerprint density at radius 3 is 2.71 bits per heavy atom. The van der Waals surface area contributed by atoms with Gasteiger partial charge in [-0.25, -0.2) is 0 Å². The molecule has 2 aromatic heterocycles. The molecule has 112 valence electrons. The van der Waals surface area contributed by atoms with Gasteiger partial charge in [0.25, 0.3) is 0 Å². The molecule has 0 unspecified atom stereocenters. The van der Waals surface area contributed by atoms with E-state index in [1.165, 1.54) is 0 Å². The van der Waals surface area contributed by atoms with Crippen LogP contribution in [0.15, 0.2) is 24.5 Å². The number of carbonyl (C=O) groups is 1. The first-order chi connectivity index (χ1) is 9.97. The van der Waals surface area contributed by atoms with E-state index >= 15 is 0 Å². The van der Waals surface area contributed by atoms with Crippen molar-refractivity contribution in [1.29, 1.82) is 0 Å². The van der Waals surface area contributed by atoms with E-state index in [2.05, 4.69) is 9.97 Å². The third kappa shape index (κ3) is 2.59. The van der Waals surface area contributed by atoms with E-state index in [1.54, 1.807) is 6.20 Å². The number of H-pyrrole nitrogens is 1. The van der Waals surface area contributed by atoms with E-state index in [9.17, 15) is 18.0 Å². The number of likely N-dealkylation sites (tertiary alicyclic amines) is 1. The maximum atomic E-state index is 12.4. The number of piperidine rings is 1. The molecule has 1 aliphatic rings. The van der Waals surface area contributed by atoms with E-state index in [0.717, 1.165) is 21.5 Å². The monoisotopic (exact) mass is 297 g/mol. The Morgan fingerprint density at radius 1 is 1.33 bits per heavy atom. The molecule has 1 amide bonds. The number of nitrogens with zero attached hydrogens (tertiary/aromatic N) is 2. The van der Waals surface area contributed by atoms with Crippen LogP contribution in [0.2, 0.25) is 0 Å². The number of nitrogens with one attached hydrogen (secondary N) is 1. The van der Waals surface area contributed by atoms with Gasteiger partial charge in [-0.1, -0.05) is 0 Å². The molecule has 21 heavy (non-hydrogen) atoms. The number of hydrogen-bond acceptors (Lipinski definition) is 2. The van der Waals surface area contributed by atoms with Gasteiger partial charge < -0.3 is 9.88 Å². The Hall–Kier alpha value is -2.05. The van der Waals surface area contributed by atoms with E-state index in [-0.39, 0.29) is 19.0 Å². The Labute approximate surface area is 119 Å². The molecular formula is C14H14F3N3O. The number of hydrogen-bond donors (Lipinski definition) is 1. The Bertz CT molecular complexity index is 657. The highest BCUT2D eigenvalue weighted by atomic mass is 19.4. The molecule has 7 heteroatoms. The van der Waals surface area contributed by atoms with E-state index in [4.69, 9.17) is 0 Å². The fourth-order valence-corrected chi connectivity index (χ4v) is 2.86. The van der Waals surface area contributed by atoms with Gasteiger partial charge in [-0.15, -0.1) is 0 Å². The number of amides is 1. The minimum absolute atomic E-state index is 0.127. The fourth-order valence-electron chi connectivity index (χ4n) is 2.86. The number of pyridine rings is 1. The summed E-state index contributed by atoms with van der Waals surface area (Å²) in [5, 5.41) is 0. The van der Waals surface area contributed by atoms with Gasteiger partial charge in [-0.05, 0) is 36.5 Å². The van der Waals surface area contributed by atoms with Crippen molar-refractivity contribution in [2.24, 2.45) is 0 Å². The van der Waals surface area contributed by atoms with Gasteiger partial charge in [0.15, 0.2) is 0 Å². The van der Waals surface area contributed by atoms with Crippen LogP contribution in [0.4, 0.5) is 13.2 Å². The Morgan fingerprint density at radius 2 is 2.05 bits per heavy atom. The summed E-state index contributed by atoms with van der Waals surface area (Å²) >= 11 is 0.